The fourth-order valence-corrected chi connectivity index (χ4v) is 3.14. The van der Waals surface area contributed by atoms with E-state index in [1.807, 2.05) is 19.9 Å². The monoisotopic (exact) mass is 292 g/mol. The second kappa shape index (κ2) is 6.40. The zero-order chi connectivity index (χ0) is 14.6. The largest absolute Gasteiger partial charge is 0.373 e. The van der Waals surface area contributed by atoms with Gasteiger partial charge in [0.2, 0.25) is 0 Å². The Morgan fingerprint density at radius 3 is 3.10 bits per heavy atom. The Morgan fingerprint density at radius 1 is 1.65 bits per heavy atom. The molecule has 108 valence electrons. The van der Waals surface area contributed by atoms with E-state index in [0.717, 1.165) is 29.9 Å². The van der Waals surface area contributed by atoms with Crippen LogP contribution in [0.25, 0.3) is 0 Å². The molecule has 1 fully saturated rings. The predicted octanol–water partition coefficient (Wildman–Crippen LogP) is 1.67. The lowest BCUT2D eigenvalue weighted by Gasteiger charge is -2.23. The summed E-state index contributed by atoms with van der Waals surface area (Å²) in [7, 11) is 0. The van der Waals surface area contributed by atoms with Crippen LogP contribution < -0.4 is 11.1 Å². The second-order valence-corrected chi connectivity index (χ2v) is 6.27. The van der Waals surface area contributed by atoms with Crippen molar-refractivity contribution in [3.63, 3.8) is 0 Å². The van der Waals surface area contributed by atoms with Gasteiger partial charge >= 0.3 is 0 Å². The van der Waals surface area contributed by atoms with Gasteiger partial charge in [0, 0.05) is 13.2 Å². The molecule has 1 amide bonds. The molecule has 0 radical (unpaired) electrons. The molecule has 1 saturated heterocycles. The van der Waals surface area contributed by atoms with Crippen molar-refractivity contribution in [2.45, 2.75) is 32.3 Å². The van der Waals surface area contributed by atoms with Gasteiger partial charge in [0.15, 0.2) is 0 Å². The lowest BCUT2D eigenvalue weighted by molar-refractivity contribution is 0.0206. The third kappa shape index (κ3) is 3.60. The van der Waals surface area contributed by atoms with E-state index in [2.05, 4.69) is 17.2 Å². The van der Waals surface area contributed by atoms with Gasteiger partial charge in [-0.3, -0.25) is 4.79 Å². The fourth-order valence-electron chi connectivity index (χ4n) is 2.18. The number of hydrogen-bond donors (Lipinski definition) is 2. The van der Waals surface area contributed by atoms with E-state index in [-0.39, 0.29) is 11.5 Å². The van der Waals surface area contributed by atoms with E-state index in [4.69, 9.17) is 10.5 Å². The van der Waals surface area contributed by atoms with Crippen LogP contribution in [-0.4, -0.2) is 31.2 Å². The zero-order valence-electron chi connectivity index (χ0n) is 11.9. The van der Waals surface area contributed by atoms with Crippen molar-refractivity contribution in [3.8, 4) is 11.8 Å². The number of carbonyl (C=O) groups is 1. The van der Waals surface area contributed by atoms with E-state index in [1.54, 1.807) is 0 Å². The Kier molecular flexibility index (Phi) is 4.81. The van der Waals surface area contributed by atoms with Crippen LogP contribution in [-0.2, 0) is 4.74 Å². The van der Waals surface area contributed by atoms with Gasteiger partial charge in [0.25, 0.3) is 5.91 Å². The Labute approximate surface area is 123 Å². The fraction of sp³-hybridized carbons (Fsp3) is 0.533. The van der Waals surface area contributed by atoms with Gasteiger partial charge in [-0.15, -0.1) is 11.3 Å². The topological polar surface area (TPSA) is 64.3 Å². The molecule has 5 heteroatoms. The predicted molar refractivity (Wildman–Crippen MR) is 80.9 cm³/mol. The summed E-state index contributed by atoms with van der Waals surface area (Å²) in [5, 5.41) is 2.95. The van der Waals surface area contributed by atoms with Crippen LogP contribution in [0.5, 0.6) is 0 Å². The molecule has 20 heavy (non-hydrogen) atoms. The smallest absolute Gasteiger partial charge is 0.261 e. The molecule has 1 atom stereocenters. The first kappa shape index (κ1) is 15.0. The maximum absolute atomic E-state index is 12.2. The van der Waals surface area contributed by atoms with E-state index in [0.29, 0.717) is 18.0 Å². The number of carbonyl (C=O) groups excluding carboxylic acids is 1. The van der Waals surface area contributed by atoms with Crippen LogP contribution in [0.4, 0.5) is 0 Å². The van der Waals surface area contributed by atoms with Gasteiger partial charge in [-0.05, 0) is 38.3 Å². The first-order chi connectivity index (χ1) is 9.54. The molecule has 0 saturated carbocycles. The highest BCUT2D eigenvalue weighted by atomic mass is 32.1. The normalized spacial score (nSPS) is 21.4. The van der Waals surface area contributed by atoms with Gasteiger partial charge in [0.1, 0.15) is 0 Å². The molecule has 0 aliphatic carbocycles. The molecule has 1 unspecified atom stereocenters. The van der Waals surface area contributed by atoms with E-state index in [1.165, 1.54) is 11.3 Å². The lowest BCUT2D eigenvalue weighted by atomic mass is 10.0. The minimum Gasteiger partial charge on any atom is -0.373 e. The number of hydrogen-bond acceptors (Lipinski definition) is 4. The van der Waals surface area contributed by atoms with Crippen molar-refractivity contribution in [3.05, 3.63) is 21.4 Å². The number of amides is 1. The standard InChI is InChI=1S/C15H20N2O2S/c1-11-9-13(20-12(11)5-3-7-16)14(18)17-10-15(2)6-4-8-19-15/h9H,4,6-8,10,16H2,1-2H3,(H,17,18). The average Bonchev–Trinajstić information content (AvgIpc) is 3.01. The Morgan fingerprint density at radius 2 is 2.45 bits per heavy atom. The van der Waals surface area contributed by atoms with E-state index < -0.39 is 0 Å². The number of ether oxygens (including phenoxy) is 1. The SMILES string of the molecule is Cc1cc(C(=O)NCC2(C)CCCO2)sc1C#CCN. The van der Waals surface area contributed by atoms with Gasteiger partial charge in [-0.25, -0.2) is 0 Å². The molecule has 1 aliphatic rings. The first-order valence-electron chi connectivity index (χ1n) is 6.75. The Bertz CT molecular complexity index is 548. The number of aryl methyl sites for hydroxylation is 1. The number of rotatable bonds is 3. The average molecular weight is 292 g/mol. The van der Waals surface area contributed by atoms with Crippen molar-refractivity contribution in [1.82, 2.24) is 5.32 Å². The van der Waals surface area contributed by atoms with Gasteiger partial charge in [-0.1, -0.05) is 11.8 Å². The highest BCUT2D eigenvalue weighted by molar-refractivity contribution is 7.14. The molecule has 0 aromatic carbocycles. The minimum atomic E-state index is -0.218. The second-order valence-electron chi connectivity index (χ2n) is 5.21. The summed E-state index contributed by atoms with van der Waals surface area (Å²) in [5.74, 6) is 5.75. The quantitative estimate of drug-likeness (QED) is 0.833. The molecule has 0 bridgehead atoms. The van der Waals surface area contributed by atoms with Gasteiger partial charge in [-0.2, -0.15) is 0 Å². The van der Waals surface area contributed by atoms with Crippen LogP contribution in [0.15, 0.2) is 6.07 Å². The molecule has 1 aromatic rings. The van der Waals surface area contributed by atoms with Crippen LogP contribution in [0, 0.1) is 18.8 Å². The molecule has 1 aliphatic heterocycles. The molecule has 3 N–H and O–H groups in total. The summed E-state index contributed by atoms with van der Waals surface area (Å²) in [4.78, 5) is 13.7. The molecular weight excluding hydrogens is 272 g/mol. The van der Waals surface area contributed by atoms with Crippen LogP contribution >= 0.6 is 11.3 Å². The summed E-state index contributed by atoms with van der Waals surface area (Å²) in [5.41, 5.74) is 6.16. The summed E-state index contributed by atoms with van der Waals surface area (Å²) in [6.07, 6.45) is 2.05. The maximum atomic E-state index is 12.2. The number of nitrogens with two attached hydrogens (primary N) is 1. The number of thiophene rings is 1. The zero-order valence-corrected chi connectivity index (χ0v) is 12.7. The van der Waals surface area contributed by atoms with Crippen LogP contribution in [0.2, 0.25) is 0 Å². The van der Waals surface area contributed by atoms with Crippen molar-refractivity contribution >= 4 is 17.2 Å². The maximum Gasteiger partial charge on any atom is 0.261 e. The van der Waals surface area contributed by atoms with Crippen LogP contribution in [0.1, 0.15) is 39.9 Å². The molecule has 1 aromatic heterocycles. The summed E-state index contributed by atoms with van der Waals surface area (Å²) in [6.45, 7) is 5.65. The van der Waals surface area contributed by atoms with E-state index >= 15 is 0 Å². The Balaban J connectivity index is 1.99. The molecule has 0 spiro atoms. The summed E-state index contributed by atoms with van der Waals surface area (Å²) >= 11 is 1.41. The summed E-state index contributed by atoms with van der Waals surface area (Å²) < 4.78 is 5.66. The third-order valence-corrected chi connectivity index (χ3v) is 4.52. The molecule has 4 nitrogen and oxygen atoms in total. The first-order valence-corrected chi connectivity index (χ1v) is 7.57. The molecule has 2 rings (SSSR count). The lowest BCUT2D eigenvalue weighted by Crippen LogP contribution is -2.39. The third-order valence-electron chi connectivity index (χ3n) is 3.37. The highest BCUT2D eigenvalue weighted by Gasteiger charge is 2.30. The van der Waals surface area contributed by atoms with E-state index in [9.17, 15) is 4.79 Å². The minimum absolute atomic E-state index is 0.0596. The number of nitrogens with one attached hydrogen (secondary N) is 1. The Hall–Kier alpha value is -1.35. The van der Waals surface area contributed by atoms with Crippen molar-refractivity contribution < 1.29 is 9.53 Å². The van der Waals surface area contributed by atoms with Crippen molar-refractivity contribution in [1.29, 1.82) is 0 Å². The van der Waals surface area contributed by atoms with Gasteiger partial charge < -0.3 is 15.8 Å². The van der Waals surface area contributed by atoms with Crippen molar-refractivity contribution in [2.24, 2.45) is 5.73 Å². The van der Waals surface area contributed by atoms with Gasteiger partial charge in [0.05, 0.1) is 21.9 Å². The molecule has 2 heterocycles. The summed E-state index contributed by atoms with van der Waals surface area (Å²) in [6, 6.07) is 1.87. The molecular formula is C15H20N2O2S. The van der Waals surface area contributed by atoms with Crippen LogP contribution in [0.3, 0.4) is 0 Å². The highest BCUT2D eigenvalue weighted by Crippen LogP contribution is 2.25. The van der Waals surface area contributed by atoms with Crippen molar-refractivity contribution in [2.75, 3.05) is 19.7 Å².